The van der Waals surface area contributed by atoms with E-state index in [1.165, 1.54) is 23.1 Å². The van der Waals surface area contributed by atoms with Gasteiger partial charge >= 0.3 is 0 Å². The summed E-state index contributed by atoms with van der Waals surface area (Å²) < 4.78 is 3.44. The molecule has 5 rings (SSSR count). The highest BCUT2D eigenvalue weighted by Crippen LogP contribution is 2.32. The van der Waals surface area contributed by atoms with Gasteiger partial charge in [0.15, 0.2) is 10.9 Å². The van der Waals surface area contributed by atoms with Gasteiger partial charge in [-0.2, -0.15) is 0 Å². The van der Waals surface area contributed by atoms with Crippen LogP contribution in [0.15, 0.2) is 94.9 Å². The van der Waals surface area contributed by atoms with Crippen LogP contribution in [0.25, 0.3) is 20.3 Å². The SMILES string of the molecule is O=C(CSc1nc2c(sc3ccccc32)c(=O)n1CCc1ccccc1)c1ccccc1. The molecule has 0 N–H and O–H groups in total. The molecule has 0 aliphatic rings. The van der Waals surface area contributed by atoms with Gasteiger partial charge in [0.2, 0.25) is 0 Å². The van der Waals surface area contributed by atoms with Crippen LogP contribution in [0.4, 0.5) is 0 Å². The van der Waals surface area contributed by atoms with Crippen LogP contribution in [0, 0.1) is 0 Å². The zero-order valence-electron chi connectivity index (χ0n) is 17.2. The highest BCUT2D eigenvalue weighted by molar-refractivity contribution is 7.99. The molecule has 0 spiro atoms. The van der Waals surface area contributed by atoms with Crippen LogP contribution >= 0.6 is 23.1 Å². The van der Waals surface area contributed by atoms with Crippen molar-refractivity contribution < 1.29 is 4.79 Å². The fraction of sp³-hybridized carbons (Fsp3) is 0.115. The van der Waals surface area contributed by atoms with Crippen molar-refractivity contribution in [1.82, 2.24) is 9.55 Å². The van der Waals surface area contributed by atoms with Gasteiger partial charge in [0, 0.05) is 22.2 Å². The lowest BCUT2D eigenvalue weighted by Crippen LogP contribution is -2.24. The summed E-state index contributed by atoms with van der Waals surface area (Å²) >= 11 is 2.82. The Morgan fingerprint density at radius 2 is 1.59 bits per heavy atom. The van der Waals surface area contributed by atoms with Crippen LogP contribution < -0.4 is 5.56 Å². The van der Waals surface area contributed by atoms with Crippen LogP contribution in [0.3, 0.4) is 0 Å². The monoisotopic (exact) mass is 456 g/mol. The third-order valence-electron chi connectivity index (χ3n) is 5.34. The zero-order chi connectivity index (χ0) is 21.9. The molecule has 2 heterocycles. The van der Waals surface area contributed by atoms with E-state index in [1.807, 2.05) is 72.8 Å². The molecule has 0 unspecified atom stereocenters. The van der Waals surface area contributed by atoms with E-state index < -0.39 is 0 Å². The normalized spacial score (nSPS) is 11.2. The Morgan fingerprint density at radius 1 is 0.906 bits per heavy atom. The molecule has 0 aliphatic carbocycles. The highest BCUT2D eigenvalue weighted by Gasteiger charge is 2.17. The number of thioether (sulfide) groups is 1. The van der Waals surface area contributed by atoms with Crippen molar-refractivity contribution in [2.75, 3.05) is 5.75 Å². The number of hydrogen-bond donors (Lipinski definition) is 0. The predicted molar refractivity (Wildman–Crippen MR) is 133 cm³/mol. The minimum atomic E-state index is -0.0400. The molecule has 32 heavy (non-hydrogen) atoms. The molecule has 0 saturated heterocycles. The summed E-state index contributed by atoms with van der Waals surface area (Å²) in [6.07, 6.45) is 0.721. The first-order valence-electron chi connectivity index (χ1n) is 10.4. The molecule has 6 heteroatoms. The lowest BCUT2D eigenvalue weighted by molar-refractivity contribution is 0.102. The topological polar surface area (TPSA) is 52.0 Å². The van der Waals surface area contributed by atoms with Gasteiger partial charge in [-0.25, -0.2) is 4.98 Å². The van der Waals surface area contributed by atoms with E-state index in [1.54, 1.807) is 4.57 Å². The summed E-state index contributed by atoms with van der Waals surface area (Å²) in [6, 6.07) is 27.3. The van der Waals surface area contributed by atoms with Crippen LogP contribution in [0.5, 0.6) is 0 Å². The number of ketones is 1. The number of aryl methyl sites for hydroxylation is 1. The first kappa shape index (κ1) is 20.7. The second kappa shape index (κ2) is 9.10. The summed E-state index contributed by atoms with van der Waals surface area (Å²) in [5.41, 5.74) is 2.51. The molecule has 0 radical (unpaired) electrons. The number of aromatic nitrogens is 2. The lowest BCUT2D eigenvalue weighted by Gasteiger charge is -2.12. The van der Waals surface area contributed by atoms with E-state index in [-0.39, 0.29) is 17.1 Å². The molecular weight excluding hydrogens is 436 g/mol. The lowest BCUT2D eigenvalue weighted by atomic mass is 10.1. The third-order valence-corrected chi connectivity index (χ3v) is 7.47. The first-order valence-corrected chi connectivity index (χ1v) is 12.2. The Hall–Kier alpha value is -3.22. The minimum Gasteiger partial charge on any atom is -0.293 e. The predicted octanol–water partition coefficient (Wildman–Crippen LogP) is 5.83. The minimum absolute atomic E-state index is 0.0229. The van der Waals surface area contributed by atoms with E-state index in [0.717, 1.165) is 27.6 Å². The van der Waals surface area contributed by atoms with Crippen LogP contribution in [0.1, 0.15) is 15.9 Å². The van der Waals surface area contributed by atoms with Gasteiger partial charge < -0.3 is 0 Å². The molecule has 3 aromatic carbocycles. The fourth-order valence-electron chi connectivity index (χ4n) is 3.68. The number of carbonyl (C=O) groups excluding carboxylic acids is 1. The average Bonchev–Trinajstić information content (AvgIpc) is 3.22. The van der Waals surface area contributed by atoms with Crippen molar-refractivity contribution in [2.24, 2.45) is 0 Å². The number of benzene rings is 3. The molecule has 0 aliphatic heterocycles. The standard InChI is InChI=1S/C26H20N2O2S2/c29-21(19-11-5-2-6-12-19)17-31-26-27-23-20-13-7-8-14-22(20)32-24(23)25(30)28(26)16-15-18-9-3-1-4-10-18/h1-14H,15-17H2. The van der Waals surface area contributed by atoms with Crippen molar-refractivity contribution in [1.29, 1.82) is 0 Å². The van der Waals surface area contributed by atoms with Gasteiger partial charge in [-0.05, 0) is 18.1 Å². The maximum atomic E-state index is 13.5. The Balaban J connectivity index is 1.54. The summed E-state index contributed by atoms with van der Waals surface area (Å²) in [6.45, 7) is 0.516. The number of thiophene rings is 1. The highest BCUT2D eigenvalue weighted by atomic mass is 32.2. The molecule has 0 fully saturated rings. The molecule has 5 aromatic rings. The van der Waals surface area contributed by atoms with E-state index in [4.69, 9.17) is 4.98 Å². The number of nitrogens with zero attached hydrogens (tertiary/aromatic N) is 2. The first-order chi connectivity index (χ1) is 15.7. The van der Waals surface area contributed by atoms with Crippen molar-refractivity contribution in [3.05, 3.63) is 106 Å². The number of rotatable bonds is 7. The molecule has 0 saturated carbocycles. The van der Waals surface area contributed by atoms with Crippen molar-refractivity contribution >= 4 is 49.2 Å². The molecule has 0 atom stereocenters. The smallest absolute Gasteiger partial charge is 0.272 e. The number of fused-ring (bicyclic) bond motifs is 3. The number of Topliss-reactive ketones (excluding diaryl/α,β-unsaturated/α-hetero) is 1. The van der Waals surface area contributed by atoms with Gasteiger partial charge in [-0.15, -0.1) is 11.3 Å². The van der Waals surface area contributed by atoms with Gasteiger partial charge in [0.25, 0.3) is 5.56 Å². The van der Waals surface area contributed by atoms with Gasteiger partial charge in [0.05, 0.1) is 11.3 Å². The Bertz CT molecular complexity index is 1460. The molecule has 0 amide bonds. The van der Waals surface area contributed by atoms with Crippen molar-refractivity contribution in [3.63, 3.8) is 0 Å². The Morgan fingerprint density at radius 3 is 2.38 bits per heavy atom. The quantitative estimate of drug-likeness (QED) is 0.176. The van der Waals surface area contributed by atoms with Crippen molar-refractivity contribution in [2.45, 2.75) is 18.1 Å². The van der Waals surface area contributed by atoms with E-state index >= 15 is 0 Å². The van der Waals surface area contributed by atoms with Gasteiger partial charge in [-0.1, -0.05) is 90.6 Å². The van der Waals surface area contributed by atoms with Crippen LogP contribution in [-0.2, 0) is 13.0 Å². The maximum absolute atomic E-state index is 13.5. The number of hydrogen-bond acceptors (Lipinski definition) is 5. The van der Waals surface area contributed by atoms with Crippen molar-refractivity contribution in [3.8, 4) is 0 Å². The maximum Gasteiger partial charge on any atom is 0.272 e. The van der Waals surface area contributed by atoms with Gasteiger partial charge in [0.1, 0.15) is 4.70 Å². The van der Waals surface area contributed by atoms with Gasteiger partial charge in [-0.3, -0.25) is 14.2 Å². The van der Waals surface area contributed by atoms with E-state index in [2.05, 4.69) is 12.1 Å². The largest absolute Gasteiger partial charge is 0.293 e. The molecular formula is C26H20N2O2S2. The fourth-order valence-corrected chi connectivity index (χ4v) is 5.69. The second-order valence-electron chi connectivity index (χ2n) is 7.44. The summed E-state index contributed by atoms with van der Waals surface area (Å²) in [4.78, 5) is 31.1. The molecule has 158 valence electrons. The average molecular weight is 457 g/mol. The zero-order valence-corrected chi connectivity index (χ0v) is 18.9. The molecule has 2 aromatic heterocycles. The summed E-state index contributed by atoms with van der Waals surface area (Å²) in [5, 5.41) is 1.57. The van der Waals surface area contributed by atoms with E-state index in [9.17, 15) is 9.59 Å². The Kier molecular flexibility index (Phi) is 5.88. The number of carbonyl (C=O) groups is 1. The van der Waals surface area contributed by atoms with Crippen LogP contribution in [0.2, 0.25) is 0 Å². The Labute approximate surface area is 193 Å². The molecule has 0 bridgehead atoms. The third kappa shape index (κ3) is 4.11. The second-order valence-corrected chi connectivity index (χ2v) is 9.44. The van der Waals surface area contributed by atoms with Crippen LogP contribution in [-0.4, -0.2) is 21.1 Å². The van der Waals surface area contributed by atoms with E-state index in [0.29, 0.717) is 22.0 Å². The summed E-state index contributed by atoms with van der Waals surface area (Å²) in [7, 11) is 0. The molecule has 4 nitrogen and oxygen atoms in total. The summed E-state index contributed by atoms with van der Waals surface area (Å²) in [5.74, 6) is 0.254.